The smallest absolute Gasteiger partial charge is 0.181 e. The molecule has 0 unspecified atom stereocenters. The van der Waals surface area contributed by atoms with Gasteiger partial charge in [0.15, 0.2) is 12.0 Å². The number of halogens is 1. The van der Waals surface area contributed by atoms with E-state index in [1.165, 1.54) is 6.39 Å². The number of hydrogen-bond acceptors (Lipinski definition) is 3. The molecule has 1 aromatic carbocycles. The van der Waals surface area contributed by atoms with Crippen molar-refractivity contribution < 1.29 is 4.42 Å². The van der Waals surface area contributed by atoms with Crippen molar-refractivity contribution in [2.45, 2.75) is 0 Å². The predicted molar refractivity (Wildman–Crippen MR) is 53.1 cm³/mol. The molecule has 0 fully saturated rings. The Morgan fingerprint density at radius 2 is 2.38 bits per heavy atom. The first-order valence-electron chi connectivity index (χ1n) is 3.91. The van der Waals surface area contributed by atoms with Crippen LogP contribution in [0.15, 0.2) is 29.0 Å². The van der Waals surface area contributed by atoms with E-state index in [1.807, 2.05) is 30.1 Å². The molecule has 3 nitrogen and oxygen atoms in total. The summed E-state index contributed by atoms with van der Waals surface area (Å²) in [6, 6.07) is 6.26. The van der Waals surface area contributed by atoms with Gasteiger partial charge >= 0.3 is 0 Å². The molecule has 0 saturated heterocycles. The fourth-order valence-electron chi connectivity index (χ4n) is 1.15. The van der Waals surface area contributed by atoms with Gasteiger partial charge in [-0.15, -0.1) is 11.6 Å². The molecule has 0 saturated carbocycles. The molecule has 2 aromatic rings. The van der Waals surface area contributed by atoms with Crippen LogP contribution in [0.2, 0.25) is 0 Å². The minimum atomic E-state index is 0.458. The third-order valence-corrected chi connectivity index (χ3v) is 2.29. The Bertz CT molecular complexity index is 413. The fraction of sp³-hybridized carbons (Fsp3) is 0.222. The van der Waals surface area contributed by atoms with Crippen molar-refractivity contribution in [3.63, 3.8) is 0 Å². The summed E-state index contributed by atoms with van der Waals surface area (Å²) in [5.74, 6) is 0. The first-order valence-corrected chi connectivity index (χ1v) is 4.45. The molecule has 0 aliphatic heterocycles. The van der Waals surface area contributed by atoms with Crippen molar-refractivity contribution in [2.24, 2.45) is 0 Å². The topological polar surface area (TPSA) is 29.3 Å². The Morgan fingerprint density at radius 1 is 1.54 bits per heavy atom. The standard InChI is InChI=1S/C9H9ClN2O/c1-12(5-10)7-2-3-8-9(4-7)13-6-11-8/h2-4,6H,5H2,1H3. The molecule has 13 heavy (non-hydrogen) atoms. The second-order valence-corrected chi connectivity index (χ2v) is 3.06. The van der Waals surface area contributed by atoms with Crippen molar-refractivity contribution in [3.8, 4) is 0 Å². The number of fused-ring (bicyclic) bond motifs is 1. The second kappa shape index (κ2) is 3.26. The molecule has 0 bridgehead atoms. The highest BCUT2D eigenvalue weighted by atomic mass is 35.5. The Balaban J connectivity index is 2.48. The zero-order valence-electron chi connectivity index (χ0n) is 7.20. The third-order valence-electron chi connectivity index (χ3n) is 1.93. The Morgan fingerprint density at radius 3 is 3.15 bits per heavy atom. The van der Waals surface area contributed by atoms with Gasteiger partial charge in [0.25, 0.3) is 0 Å². The lowest BCUT2D eigenvalue weighted by atomic mass is 10.3. The Kier molecular flexibility index (Phi) is 2.10. The summed E-state index contributed by atoms with van der Waals surface area (Å²) >= 11 is 5.69. The molecule has 0 aliphatic rings. The van der Waals surface area contributed by atoms with Crippen LogP contribution in [0.4, 0.5) is 5.69 Å². The molecule has 68 valence electrons. The minimum Gasteiger partial charge on any atom is -0.443 e. The van der Waals surface area contributed by atoms with Crippen molar-refractivity contribution in [1.29, 1.82) is 0 Å². The lowest BCUT2D eigenvalue weighted by Gasteiger charge is -2.14. The van der Waals surface area contributed by atoms with E-state index >= 15 is 0 Å². The van der Waals surface area contributed by atoms with E-state index in [1.54, 1.807) is 0 Å². The van der Waals surface area contributed by atoms with E-state index in [0.29, 0.717) is 6.00 Å². The molecule has 1 aromatic heterocycles. The van der Waals surface area contributed by atoms with Gasteiger partial charge in [-0.05, 0) is 12.1 Å². The SMILES string of the molecule is CN(CCl)c1ccc2ncoc2c1. The Labute approximate surface area is 80.9 Å². The largest absolute Gasteiger partial charge is 0.443 e. The number of benzene rings is 1. The molecule has 0 radical (unpaired) electrons. The van der Waals surface area contributed by atoms with Crippen LogP contribution in [-0.2, 0) is 0 Å². The van der Waals surface area contributed by atoms with E-state index < -0.39 is 0 Å². The van der Waals surface area contributed by atoms with Crippen LogP contribution in [0.3, 0.4) is 0 Å². The third kappa shape index (κ3) is 1.47. The lowest BCUT2D eigenvalue weighted by Crippen LogP contribution is -2.13. The highest BCUT2D eigenvalue weighted by Gasteiger charge is 2.02. The van der Waals surface area contributed by atoms with Crippen LogP contribution in [0.1, 0.15) is 0 Å². The van der Waals surface area contributed by atoms with Gasteiger partial charge in [-0.25, -0.2) is 4.98 Å². The zero-order chi connectivity index (χ0) is 9.26. The summed E-state index contributed by atoms with van der Waals surface area (Å²) in [5, 5.41) is 0. The first kappa shape index (κ1) is 8.38. The molecule has 2 rings (SSSR count). The van der Waals surface area contributed by atoms with Gasteiger partial charge in [-0.2, -0.15) is 0 Å². The van der Waals surface area contributed by atoms with Crippen LogP contribution >= 0.6 is 11.6 Å². The number of anilines is 1. The maximum Gasteiger partial charge on any atom is 0.181 e. The van der Waals surface area contributed by atoms with Crippen molar-refractivity contribution >= 4 is 28.4 Å². The molecule has 0 amide bonds. The van der Waals surface area contributed by atoms with Crippen molar-refractivity contribution in [2.75, 3.05) is 18.0 Å². The fourth-order valence-corrected chi connectivity index (χ4v) is 1.29. The number of alkyl halides is 1. The van der Waals surface area contributed by atoms with Crippen molar-refractivity contribution in [1.82, 2.24) is 4.98 Å². The molecular weight excluding hydrogens is 188 g/mol. The number of hydrogen-bond donors (Lipinski definition) is 0. The molecule has 0 N–H and O–H groups in total. The average molecular weight is 197 g/mol. The van der Waals surface area contributed by atoms with E-state index in [0.717, 1.165) is 16.8 Å². The van der Waals surface area contributed by atoms with Gasteiger partial charge in [0, 0.05) is 18.8 Å². The maximum absolute atomic E-state index is 5.69. The van der Waals surface area contributed by atoms with Crippen LogP contribution in [-0.4, -0.2) is 18.0 Å². The van der Waals surface area contributed by atoms with Gasteiger partial charge < -0.3 is 9.32 Å². The second-order valence-electron chi connectivity index (χ2n) is 2.82. The quantitative estimate of drug-likeness (QED) is 0.546. The molecule has 4 heteroatoms. The first-order chi connectivity index (χ1) is 6.31. The summed E-state index contributed by atoms with van der Waals surface area (Å²) in [6.45, 7) is 0. The Hall–Kier alpha value is -1.22. The van der Waals surface area contributed by atoms with E-state index in [2.05, 4.69) is 4.98 Å². The van der Waals surface area contributed by atoms with Crippen LogP contribution in [0.25, 0.3) is 11.1 Å². The lowest BCUT2D eigenvalue weighted by molar-refractivity contribution is 0.602. The summed E-state index contributed by atoms with van der Waals surface area (Å²) in [6.07, 6.45) is 1.44. The average Bonchev–Trinajstić information content (AvgIpc) is 2.63. The number of nitrogens with zero attached hydrogens (tertiary/aromatic N) is 2. The van der Waals surface area contributed by atoms with Crippen LogP contribution < -0.4 is 4.90 Å². The predicted octanol–water partition coefficient (Wildman–Crippen LogP) is 2.46. The molecule has 0 aliphatic carbocycles. The van der Waals surface area contributed by atoms with Crippen LogP contribution in [0, 0.1) is 0 Å². The van der Waals surface area contributed by atoms with Crippen LogP contribution in [0.5, 0.6) is 0 Å². The highest BCUT2D eigenvalue weighted by molar-refractivity contribution is 6.19. The molecule has 0 atom stereocenters. The molecule has 0 spiro atoms. The van der Waals surface area contributed by atoms with Crippen molar-refractivity contribution in [3.05, 3.63) is 24.6 Å². The maximum atomic E-state index is 5.69. The number of rotatable bonds is 2. The number of oxazole rings is 1. The van der Waals surface area contributed by atoms with E-state index in [4.69, 9.17) is 16.0 Å². The number of aromatic nitrogens is 1. The molecular formula is C9H9ClN2O. The molecule has 1 heterocycles. The summed E-state index contributed by atoms with van der Waals surface area (Å²) < 4.78 is 5.17. The van der Waals surface area contributed by atoms with Gasteiger partial charge in [-0.1, -0.05) is 0 Å². The summed E-state index contributed by atoms with van der Waals surface area (Å²) in [4.78, 5) is 5.95. The minimum absolute atomic E-state index is 0.458. The summed E-state index contributed by atoms with van der Waals surface area (Å²) in [7, 11) is 1.92. The van der Waals surface area contributed by atoms with E-state index in [9.17, 15) is 0 Å². The highest BCUT2D eigenvalue weighted by Crippen LogP contribution is 2.20. The monoisotopic (exact) mass is 196 g/mol. The van der Waals surface area contributed by atoms with Gasteiger partial charge in [0.1, 0.15) is 5.52 Å². The summed E-state index contributed by atoms with van der Waals surface area (Å²) in [5.41, 5.74) is 2.68. The van der Waals surface area contributed by atoms with Gasteiger partial charge in [0.05, 0.1) is 6.00 Å². The van der Waals surface area contributed by atoms with Gasteiger partial charge in [0.2, 0.25) is 0 Å². The normalized spacial score (nSPS) is 10.6. The zero-order valence-corrected chi connectivity index (χ0v) is 7.95. The van der Waals surface area contributed by atoms with E-state index in [-0.39, 0.29) is 0 Å². The van der Waals surface area contributed by atoms with Gasteiger partial charge in [-0.3, -0.25) is 0 Å².